The number of aliphatic hydroxyl groups is 1. The molecule has 7 heteroatoms. The smallest absolute Gasteiger partial charge is 0.313 e. The van der Waals surface area contributed by atoms with Gasteiger partial charge in [0.1, 0.15) is 0 Å². The van der Waals surface area contributed by atoms with Crippen molar-refractivity contribution in [3.63, 3.8) is 0 Å². The highest BCUT2D eigenvalue weighted by Crippen LogP contribution is 2.29. The van der Waals surface area contributed by atoms with Gasteiger partial charge in [-0.05, 0) is 48.7 Å². The fraction of sp³-hybridized carbons (Fsp3) is 0.300. The Bertz CT molecular complexity index is 835. The number of hydrogen-bond acceptors (Lipinski definition) is 5. The van der Waals surface area contributed by atoms with E-state index in [1.54, 1.807) is 30.3 Å². The van der Waals surface area contributed by atoms with Gasteiger partial charge in [0.2, 0.25) is 0 Å². The van der Waals surface area contributed by atoms with Gasteiger partial charge in [-0.15, -0.1) is 0 Å². The lowest BCUT2D eigenvalue weighted by Crippen LogP contribution is -2.37. The summed E-state index contributed by atoms with van der Waals surface area (Å²) < 4.78 is 10.3. The second kappa shape index (κ2) is 9.05. The highest BCUT2D eigenvalue weighted by molar-refractivity contribution is 6.39. The number of carbonyl (C=O) groups is 2. The van der Waals surface area contributed by atoms with E-state index < -0.39 is 17.9 Å². The molecule has 1 atom stereocenters. The predicted molar refractivity (Wildman–Crippen MR) is 102 cm³/mol. The molecule has 2 rings (SSSR count). The van der Waals surface area contributed by atoms with E-state index in [4.69, 9.17) is 9.47 Å². The quantitative estimate of drug-likeness (QED) is 0.675. The summed E-state index contributed by atoms with van der Waals surface area (Å²) in [7, 11) is 3.01. The molecule has 0 aliphatic heterocycles. The molecule has 1 unspecified atom stereocenters. The first-order valence-electron chi connectivity index (χ1n) is 8.42. The average molecular weight is 372 g/mol. The molecule has 0 bridgehead atoms. The normalized spacial score (nSPS) is 11.4. The SMILES string of the molecule is COc1ccc(C(O)CNC(=O)C(=O)Nc2cccc(C)c2C)cc1OC. The number of ether oxygens (including phenoxy) is 2. The molecule has 3 N–H and O–H groups in total. The van der Waals surface area contributed by atoms with Gasteiger partial charge < -0.3 is 25.2 Å². The predicted octanol–water partition coefficient (Wildman–Crippen LogP) is 2.11. The van der Waals surface area contributed by atoms with Crippen LogP contribution in [0.5, 0.6) is 11.5 Å². The van der Waals surface area contributed by atoms with Crippen LogP contribution in [0.15, 0.2) is 36.4 Å². The third-order valence-electron chi connectivity index (χ3n) is 4.31. The highest BCUT2D eigenvalue weighted by Gasteiger charge is 2.18. The van der Waals surface area contributed by atoms with Crippen LogP contribution in [-0.4, -0.2) is 37.7 Å². The van der Waals surface area contributed by atoms with Crippen LogP contribution in [0, 0.1) is 13.8 Å². The summed E-state index contributed by atoms with van der Waals surface area (Å²) >= 11 is 0. The number of aliphatic hydroxyl groups excluding tert-OH is 1. The number of benzene rings is 2. The Balaban J connectivity index is 1.96. The number of aryl methyl sites for hydroxylation is 1. The fourth-order valence-corrected chi connectivity index (χ4v) is 2.51. The minimum atomic E-state index is -0.998. The Morgan fingerprint density at radius 3 is 2.41 bits per heavy atom. The van der Waals surface area contributed by atoms with Crippen LogP contribution in [0.4, 0.5) is 5.69 Å². The van der Waals surface area contributed by atoms with Gasteiger partial charge in [-0.2, -0.15) is 0 Å². The van der Waals surface area contributed by atoms with Gasteiger partial charge >= 0.3 is 11.8 Å². The molecule has 0 heterocycles. The molecule has 0 spiro atoms. The van der Waals surface area contributed by atoms with Crippen molar-refractivity contribution < 1.29 is 24.2 Å². The van der Waals surface area contributed by atoms with Gasteiger partial charge in [0, 0.05) is 12.2 Å². The Kier molecular flexibility index (Phi) is 6.79. The first kappa shape index (κ1) is 20.3. The molecule has 0 fully saturated rings. The number of amides is 2. The van der Waals surface area contributed by atoms with E-state index in [2.05, 4.69) is 10.6 Å². The number of rotatable bonds is 6. The van der Waals surface area contributed by atoms with Crippen molar-refractivity contribution in [1.29, 1.82) is 0 Å². The monoisotopic (exact) mass is 372 g/mol. The number of nitrogens with one attached hydrogen (secondary N) is 2. The molecule has 144 valence electrons. The number of methoxy groups -OCH3 is 2. The van der Waals surface area contributed by atoms with E-state index in [9.17, 15) is 14.7 Å². The second-order valence-corrected chi connectivity index (χ2v) is 6.04. The second-order valence-electron chi connectivity index (χ2n) is 6.04. The van der Waals surface area contributed by atoms with Crippen molar-refractivity contribution in [1.82, 2.24) is 5.32 Å². The Morgan fingerprint density at radius 2 is 1.74 bits per heavy atom. The third kappa shape index (κ3) is 4.98. The maximum atomic E-state index is 12.1. The average Bonchev–Trinajstić information content (AvgIpc) is 2.68. The summed E-state index contributed by atoms with van der Waals surface area (Å²) in [5, 5.41) is 15.3. The maximum Gasteiger partial charge on any atom is 0.313 e. The summed E-state index contributed by atoms with van der Waals surface area (Å²) in [6.07, 6.45) is -0.998. The van der Waals surface area contributed by atoms with Crippen molar-refractivity contribution in [2.75, 3.05) is 26.1 Å². The minimum absolute atomic E-state index is 0.117. The summed E-state index contributed by atoms with van der Waals surface area (Å²) in [5.74, 6) is -0.614. The largest absolute Gasteiger partial charge is 0.493 e. The van der Waals surface area contributed by atoms with Gasteiger partial charge in [0.25, 0.3) is 0 Å². The molecule has 2 aromatic carbocycles. The zero-order valence-corrected chi connectivity index (χ0v) is 15.8. The van der Waals surface area contributed by atoms with E-state index in [0.717, 1.165) is 11.1 Å². The first-order valence-corrected chi connectivity index (χ1v) is 8.42. The summed E-state index contributed by atoms with van der Waals surface area (Å²) in [6, 6.07) is 10.4. The van der Waals surface area contributed by atoms with Crippen molar-refractivity contribution in [2.24, 2.45) is 0 Å². The zero-order chi connectivity index (χ0) is 20.0. The number of carbonyl (C=O) groups excluding carboxylic acids is 2. The first-order chi connectivity index (χ1) is 12.9. The van der Waals surface area contributed by atoms with Crippen LogP contribution < -0.4 is 20.1 Å². The summed E-state index contributed by atoms with van der Waals surface area (Å²) in [4.78, 5) is 24.1. The Morgan fingerprint density at radius 1 is 1.04 bits per heavy atom. The van der Waals surface area contributed by atoms with E-state index in [-0.39, 0.29) is 6.54 Å². The molecule has 2 aromatic rings. The fourth-order valence-electron chi connectivity index (χ4n) is 2.51. The molecular weight excluding hydrogens is 348 g/mol. The van der Waals surface area contributed by atoms with Gasteiger partial charge in [-0.1, -0.05) is 18.2 Å². The van der Waals surface area contributed by atoms with Gasteiger partial charge in [0.05, 0.1) is 20.3 Å². The molecule has 0 radical (unpaired) electrons. The highest BCUT2D eigenvalue weighted by atomic mass is 16.5. The number of hydrogen-bond donors (Lipinski definition) is 3. The van der Waals surface area contributed by atoms with Crippen LogP contribution in [-0.2, 0) is 9.59 Å². The Labute approximate surface area is 158 Å². The lowest BCUT2D eigenvalue weighted by Gasteiger charge is -2.15. The van der Waals surface area contributed by atoms with Gasteiger partial charge in [-0.3, -0.25) is 9.59 Å². The lowest BCUT2D eigenvalue weighted by atomic mass is 10.1. The summed E-state index contributed by atoms with van der Waals surface area (Å²) in [5.41, 5.74) is 3.01. The van der Waals surface area contributed by atoms with E-state index in [0.29, 0.717) is 22.7 Å². The summed E-state index contributed by atoms with van der Waals surface area (Å²) in [6.45, 7) is 3.67. The molecule has 7 nitrogen and oxygen atoms in total. The van der Waals surface area contributed by atoms with Crippen LogP contribution in [0.2, 0.25) is 0 Å². The molecule has 0 saturated carbocycles. The van der Waals surface area contributed by atoms with E-state index in [1.807, 2.05) is 19.9 Å². The maximum absolute atomic E-state index is 12.1. The molecule has 0 aliphatic rings. The van der Waals surface area contributed by atoms with E-state index in [1.165, 1.54) is 14.2 Å². The van der Waals surface area contributed by atoms with Crippen LogP contribution in [0.1, 0.15) is 22.8 Å². The minimum Gasteiger partial charge on any atom is -0.493 e. The number of anilines is 1. The lowest BCUT2D eigenvalue weighted by molar-refractivity contribution is -0.136. The molecule has 0 aliphatic carbocycles. The molecule has 2 amide bonds. The molecular formula is C20H24N2O5. The van der Waals surface area contributed by atoms with Crippen molar-refractivity contribution in [2.45, 2.75) is 20.0 Å². The van der Waals surface area contributed by atoms with Gasteiger partial charge in [0.15, 0.2) is 11.5 Å². The van der Waals surface area contributed by atoms with Crippen LogP contribution in [0.25, 0.3) is 0 Å². The van der Waals surface area contributed by atoms with Crippen LogP contribution >= 0.6 is 0 Å². The van der Waals surface area contributed by atoms with Crippen molar-refractivity contribution >= 4 is 17.5 Å². The zero-order valence-electron chi connectivity index (χ0n) is 15.8. The Hall–Kier alpha value is -3.06. The molecule has 27 heavy (non-hydrogen) atoms. The topological polar surface area (TPSA) is 96.9 Å². The van der Waals surface area contributed by atoms with Crippen LogP contribution in [0.3, 0.4) is 0 Å². The van der Waals surface area contributed by atoms with Gasteiger partial charge in [-0.25, -0.2) is 0 Å². The van der Waals surface area contributed by atoms with Crippen molar-refractivity contribution in [3.05, 3.63) is 53.1 Å². The molecule has 0 aromatic heterocycles. The van der Waals surface area contributed by atoms with Crippen molar-refractivity contribution in [3.8, 4) is 11.5 Å². The molecule has 0 saturated heterocycles. The third-order valence-corrected chi connectivity index (χ3v) is 4.31. The van der Waals surface area contributed by atoms with E-state index >= 15 is 0 Å². The standard InChI is InChI=1S/C20H24N2O5/c1-12-6-5-7-15(13(12)2)22-20(25)19(24)21-11-16(23)14-8-9-17(26-3)18(10-14)27-4/h5-10,16,23H,11H2,1-4H3,(H,21,24)(H,22,25).